The molecule has 0 saturated carbocycles. The molecule has 2 aliphatic heterocycles. The lowest BCUT2D eigenvalue weighted by Crippen LogP contribution is -2.36. The minimum absolute atomic E-state index is 0.102. The summed E-state index contributed by atoms with van der Waals surface area (Å²) in [6, 6.07) is 15.6. The van der Waals surface area contributed by atoms with E-state index in [1.165, 1.54) is 0 Å². The minimum atomic E-state index is -0.111. The molecule has 3 atom stereocenters. The zero-order chi connectivity index (χ0) is 21.4. The van der Waals surface area contributed by atoms with Crippen molar-refractivity contribution in [2.75, 3.05) is 13.2 Å². The Morgan fingerprint density at radius 1 is 1.23 bits per heavy atom. The number of rotatable bonds is 5. The average Bonchev–Trinajstić information content (AvgIpc) is 3.52. The number of halogens is 1. The van der Waals surface area contributed by atoms with Gasteiger partial charge >= 0.3 is 0 Å². The SMILES string of the molecule is Cc1ccc(Cl)cc1-c1ccc([C@H]2[C@@H](c3ccccn3)NC(=S)N2C[C@@H]2CCCO2)o1. The van der Waals surface area contributed by atoms with Gasteiger partial charge in [-0.3, -0.25) is 4.98 Å². The summed E-state index contributed by atoms with van der Waals surface area (Å²) in [6.07, 6.45) is 4.12. The van der Waals surface area contributed by atoms with Crippen molar-refractivity contribution < 1.29 is 9.15 Å². The van der Waals surface area contributed by atoms with E-state index in [9.17, 15) is 0 Å². The van der Waals surface area contributed by atoms with Crippen LogP contribution in [0.15, 0.2) is 59.1 Å². The van der Waals surface area contributed by atoms with Crippen LogP contribution < -0.4 is 5.32 Å². The van der Waals surface area contributed by atoms with Crippen molar-refractivity contribution in [3.05, 3.63) is 76.8 Å². The summed E-state index contributed by atoms with van der Waals surface area (Å²) in [4.78, 5) is 6.78. The van der Waals surface area contributed by atoms with Crippen molar-refractivity contribution in [3.8, 4) is 11.3 Å². The number of nitrogens with zero attached hydrogens (tertiary/aromatic N) is 2. The van der Waals surface area contributed by atoms with Crippen molar-refractivity contribution in [2.24, 2.45) is 0 Å². The van der Waals surface area contributed by atoms with Crippen LogP contribution >= 0.6 is 23.8 Å². The molecule has 0 unspecified atom stereocenters. The van der Waals surface area contributed by atoms with Crippen molar-refractivity contribution >= 4 is 28.9 Å². The van der Waals surface area contributed by atoms with E-state index < -0.39 is 0 Å². The molecule has 31 heavy (non-hydrogen) atoms. The van der Waals surface area contributed by atoms with Crippen molar-refractivity contribution in [3.63, 3.8) is 0 Å². The van der Waals surface area contributed by atoms with Gasteiger partial charge in [0, 0.05) is 29.9 Å². The van der Waals surface area contributed by atoms with E-state index in [0.717, 1.165) is 54.3 Å². The maximum absolute atomic E-state index is 6.42. The fourth-order valence-corrected chi connectivity index (χ4v) is 4.92. The fraction of sp³-hybridized carbons (Fsp3) is 0.333. The molecule has 0 bridgehead atoms. The highest BCUT2D eigenvalue weighted by molar-refractivity contribution is 7.80. The van der Waals surface area contributed by atoms with E-state index in [-0.39, 0.29) is 18.2 Å². The van der Waals surface area contributed by atoms with Gasteiger partial charge < -0.3 is 19.4 Å². The normalized spacial score (nSPS) is 23.4. The maximum Gasteiger partial charge on any atom is 0.170 e. The number of hydrogen-bond donors (Lipinski definition) is 1. The average molecular weight is 454 g/mol. The molecule has 1 aromatic carbocycles. The monoisotopic (exact) mass is 453 g/mol. The van der Waals surface area contributed by atoms with Gasteiger partial charge in [0.05, 0.1) is 17.8 Å². The summed E-state index contributed by atoms with van der Waals surface area (Å²) >= 11 is 12.0. The number of ether oxygens (including phenoxy) is 1. The lowest BCUT2D eigenvalue weighted by molar-refractivity contribution is 0.0818. The molecule has 2 aliphatic rings. The van der Waals surface area contributed by atoms with Gasteiger partial charge in [-0.1, -0.05) is 23.7 Å². The van der Waals surface area contributed by atoms with Crippen molar-refractivity contribution in [1.29, 1.82) is 0 Å². The van der Waals surface area contributed by atoms with Gasteiger partial charge in [-0.25, -0.2) is 0 Å². The highest BCUT2D eigenvalue weighted by atomic mass is 35.5. The second kappa shape index (κ2) is 8.61. The molecule has 0 amide bonds. The number of furan rings is 1. The molecule has 3 aromatic rings. The quantitative estimate of drug-likeness (QED) is 0.518. The number of pyridine rings is 1. The highest BCUT2D eigenvalue weighted by Crippen LogP contribution is 2.41. The minimum Gasteiger partial charge on any atom is -0.459 e. The van der Waals surface area contributed by atoms with Gasteiger partial charge in [-0.15, -0.1) is 0 Å². The first-order chi connectivity index (χ1) is 15.1. The van der Waals surface area contributed by atoms with Crippen LogP contribution in [0, 0.1) is 6.92 Å². The summed E-state index contributed by atoms with van der Waals surface area (Å²) < 4.78 is 12.3. The third-order valence-electron chi connectivity index (χ3n) is 6.01. The number of nitrogens with one attached hydrogen (secondary N) is 1. The molecule has 2 saturated heterocycles. The first-order valence-electron chi connectivity index (χ1n) is 10.6. The lowest BCUT2D eigenvalue weighted by Gasteiger charge is -2.28. The Morgan fingerprint density at radius 3 is 2.90 bits per heavy atom. The summed E-state index contributed by atoms with van der Waals surface area (Å²) in [5, 5.41) is 4.86. The molecule has 5 nitrogen and oxygen atoms in total. The number of hydrogen-bond acceptors (Lipinski definition) is 4. The molecule has 4 heterocycles. The molecule has 7 heteroatoms. The van der Waals surface area contributed by atoms with E-state index in [0.29, 0.717) is 10.1 Å². The molecular formula is C24H24ClN3O2S. The molecule has 0 spiro atoms. The number of aromatic nitrogens is 1. The first kappa shape index (κ1) is 20.5. The molecular weight excluding hydrogens is 430 g/mol. The van der Waals surface area contributed by atoms with Crippen LogP contribution in [0.1, 0.15) is 41.9 Å². The predicted molar refractivity (Wildman–Crippen MR) is 125 cm³/mol. The van der Waals surface area contributed by atoms with Gasteiger partial charge in [0.2, 0.25) is 0 Å². The third kappa shape index (κ3) is 4.07. The van der Waals surface area contributed by atoms with Crippen molar-refractivity contribution in [2.45, 2.75) is 38.0 Å². The number of aryl methyl sites for hydroxylation is 1. The lowest BCUT2D eigenvalue weighted by atomic mass is 10.0. The first-order valence-corrected chi connectivity index (χ1v) is 11.3. The van der Waals surface area contributed by atoms with Crippen LogP contribution in [0.4, 0.5) is 0 Å². The number of thiocarbonyl (C=S) groups is 1. The highest BCUT2D eigenvalue weighted by Gasteiger charge is 2.42. The Kier molecular flexibility index (Phi) is 5.69. The Hall–Kier alpha value is -2.41. The second-order valence-electron chi connectivity index (χ2n) is 8.08. The Bertz CT molecular complexity index is 1080. The Labute approximate surface area is 192 Å². The topological polar surface area (TPSA) is 50.5 Å². The Balaban J connectivity index is 1.52. The van der Waals surface area contributed by atoms with Gasteiger partial charge in [0.15, 0.2) is 5.11 Å². The molecule has 0 radical (unpaired) electrons. The standard InChI is InChI=1S/C24H24ClN3O2S/c1-15-7-8-16(25)13-18(15)20-9-10-21(30-20)23-22(19-6-2-3-11-26-19)27-24(31)28(23)14-17-5-4-12-29-17/h2-3,6-11,13,17,22-23H,4-5,12,14H2,1H3,(H,27,31)/t17-,22+,23-/m0/s1. The van der Waals surface area contributed by atoms with Gasteiger partial charge in [-0.2, -0.15) is 0 Å². The fourth-order valence-electron chi connectivity index (χ4n) is 4.44. The van der Waals surface area contributed by atoms with E-state index in [4.69, 9.17) is 33.0 Å². The van der Waals surface area contributed by atoms with E-state index in [1.807, 2.05) is 54.7 Å². The van der Waals surface area contributed by atoms with Crippen LogP contribution in [0.2, 0.25) is 5.02 Å². The van der Waals surface area contributed by atoms with E-state index in [2.05, 4.69) is 22.1 Å². The van der Waals surface area contributed by atoms with Gasteiger partial charge in [-0.05, 0) is 73.9 Å². The number of benzene rings is 1. The van der Waals surface area contributed by atoms with Crippen LogP contribution in [-0.4, -0.2) is 34.3 Å². The zero-order valence-electron chi connectivity index (χ0n) is 17.3. The summed E-state index contributed by atoms with van der Waals surface area (Å²) in [5.41, 5.74) is 3.04. The molecule has 5 rings (SSSR count). The summed E-state index contributed by atoms with van der Waals surface area (Å²) in [7, 11) is 0. The largest absolute Gasteiger partial charge is 0.459 e. The third-order valence-corrected chi connectivity index (χ3v) is 6.59. The predicted octanol–water partition coefficient (Wildman–Crippen LogP) is 5.45. The molecule has 160 valence electrons. The van der Waals surface area contributed by atoms with Crippen LogP contribution in [0.5, 0.6) is 0 Å². The smallest absolute Gasteiger partial charge is 0.170 e. The van der Waals surface area contributed by atoms with E-state index in [1.54, 1.807) is 0 Å². The molecule has 0 aliphatic carbocycles. The Morgan fingerprint density at radius 2 is 2.13 bits per heavy atom. The second-order valence-corrected chi connectivity index (χ2v) is 8.90. The van der Waals surface area contributed by atoms with Crippen molar-refractivity contribution in [1.82, 2.24) is 15.2 Å². The summed E-state index contributed by atoms with van der Waals surface area (Å²) in [6.45, 7) is 3.60. The maximum atomic E-state index is 6.42. The molecule has 1 N–H and O–H groups in total. The molecule has 2 fully saturated rings. The van der Waals surface area contributed by atoms with Gasteiger partial charge in [0.25, 0.3) is 0 Å². The van der Waals surface area contributed by atoms with Crippen LogP contribution in [-0.2, 0) is 4.74 Å². The molecule has 2 aromatic heterocycles. The van der Waals surface area contributed by atoms with Gasteiger partial charge in [0.1, 0.15) is 17.6 Å². The van der Waals surface area contributed by atoms with Crippen LogP contribution in [0.3, 0.4) is 0 Å². The zero-order valence-corrected chi connectivity index (χ0v) is 18.8. The summed E-state index contributed by atoms with van der Waals surface area (Å²) in [5.74, 6) is 1.64. The van der Waals surface area contributed by atoms with E-state index >= 15 is 0 Å². The van der Waals surface area contributed by atoms with Crippen LogP contribution in [0.25, 0.3) is 11.3 Å².